The number of methoxy groups -OCH3 is 1. The van der Waals surface area contributed by atoms with Crippen LogP contribution in [0.4, 0.5) is 4.79 Å². The molecule has 2 unspecified atom stereocenters. The molecular weight excluding hydrogens is 564 g/mol. The fourth-order valence-electron chi connectivity index (χ4n) is 6.35. The summed E-state index contributed by atoms with van der Waals surface area (Å²) in [6.07, 6.45) is 6.90. The van der Waals surface area contributed by atoms with E-state index in [0.29, 0.717) is 6.54 Å². The van der Waals surface area contributed by atoms with Crippen LogP contribution in [-0.4, -0.2) is 46.6 Å². The average molecular weight is 598 g/mol. The molecule has 2 aliphatic carbocycles. The highest BCUT2D eigenvalue weighted by molar-refractivity contribution is 9.11. The van der Waals surface area contributed by atoms with Gasteiger partial charge in [0.1, 0.15) is 11.9 Å². The fraction of sp³-hybridized carbons (Fsp3) is 0.483. The average Bonchev–Trinajstić information content (AvgIpc) is 3.67. The highest BCUT2D eigenvalue weighted by Crippen LogP contribution is 2.58. The zero-order chi connectivity index (χ0) is 26.6. The van der Waals surface area contributed by atoms with Gasteiger partial charge in [-0.05, 0) is 88.0 Å². The summed E-state index contributed by atoms with van der Waals surface area (Å²) < 4.78 is 6.04. The Morgan fingerprint density at radius 1 is 1.18 bits per heavy atom. The van der Waals surface area contributed by atoms with Crippen molar-refractivity contribution in [2.24, 2.45) is 11.8 Å². The molecule has 3 heterocycles. The Morgan fingerprint density at radius 2 is 1.95 bits per heavy atom. The van der Waals surface area contributed by atoms with E-state index in [1.54, 1.807) is 5.56 Å². The summed E-state index contributed by atoms with van der Waals surface area (Å²) in [7, 11) is 1.31. The van der Waals surface area contributed by atoms with E-state index in [1.807, 2.05) is 36.3 Å². The Kier molecular flexibility index (Phi) is 6.84. The van der Waals surface area contributed by atoms with E-state index in [0.717, 1.165) is 41.8 Å². The van der Waals surface area contributed by atoms with Crippen molar-refractivity contribution in [3.63, 3.8) is 0 Å². The number of nitrogens with zero attached hydrogens (tertiary/aromatic N) is 2. The van der Waals surface area contributed by atoms with Crippen LogP contribution in [0.25, 0.3) is 21.7 Å². The molecule has 2 amide bonds. The number of aromatic nitrogens is 2. The maximum atomic E-state index is 13.4. The molecule has 4 atom stereocenters. The van der Waals surface area contributed by atoms with E-state index < -0.39 is 12.1 Å². The van der Waals surface area contributed by atoms with Crippen LogP contribution < -0.4 is 5.32 Å². The van der Waals surface area contributed by atoms with E-state index in [9.17, 15) is 9.59 Å². The van der Waals surface area contributed by atoms with Gasteiger partial charge in [0.05, 0.1) is 28.8 Å². The summed E-state index contributed by atoms with van der Waals surface area (Å²) in [6, 6.07) is 7.98. The summed E-state index contributed by atoms with van der Waals surface area (Å²) >= 11 is 5.70. The van der Waals surface area contributed by atoms with Crippen molar-refractivity contribution in [1.29, 1.82) is 0 Å². The van der Waals surface area contributed by atoms with Gasteiger partial charge in [-0.3, -0.25) is 4.79 Å². The van der Waals surface area contributed by atoms with Gasteiger partial charge in [0.2, 0.25) is 5.91 Å². The first kappa shape index (κ1) is 25.6. The van der Waals surface area contributed by atoms with Gasteiger partial charge in [0.15, 0.2) is 0 Å². The summed E-state index contributed by atoms with van der Waals surface area (Å²) in [5, 5.41) is 2.71. The molecule has 1 saturated heterocycles. The lowest BCUT2D eigenvalue weighted by molar-refractivity contribution is -0.135. The number of likely N-dealkylation sites (tertiary alicyclic amines) is 1. The van der Waals surface area contributed by atoms with Gasteiger partial charge in [-0.2, -0.15) is 0 Å². The Labute approximate surface area is 235 Å². The normalized spacial score (nSPS) is 22.7. The molecule has 200 valence electrons. The molecule has 1 aliphatic heterocycles. The number of alkyl carbamates (subject to hydrolysis) is 1. The first-order chi connectivity index (χ1) is 18.4. The molecule has 2 N–H and O–H groups in total. The second-order valence-corrected chi connectivity index (χ2v) is 13.4. The Bertz CT molecular complexity index is 1360. The van der Waals surface area contributed by atoms with Crippen LogP contribution in [0.1, 0.15) is 68.4 Å². The number of ether oxygens (including phenoxy) is 1. The van der Waals surface area contributed by atoms with Crippen LogP contribution in [0.2, 0.25) is 0 Å². The van der Waals surface area contributed by atoms with Gasteiger partial charge in [0, 0.05) is 11.4 Å². The Morgan fingerprint density at radius 3 is 2.63 bits per heavy atom. The van der Waals surface area contributed by atoms with E-state index in [-0.39, 0.29) is 17.9 Å². The molecule has 38 heavy (non-hydrogen) atoms. The molecule has 1 aromatic carbocycles. The Hall–Kier alpha value is -2.65. The monoisotopic (exact) mass is 596 g/mol. The van der Waals surface area contributed by atoms with Crippen molar-refractivity contribution in [2.45, 2.75) is 64.0 Å². The minimum absolute atomic E-state index is 0.0612. The third-order valence-corrected chi connectivity index (χ3v) is 10.6. The number of benzene rings is 1. The number of H-pyrrole nitrogens is 1. The third-order valence-electron chi connectivity index (χ3n) is 8.55. The minimum Gasteiger partial charge on any atom is -0.453 e. The molecule has 0 radical (unpaired) electrons. The SMILES string of the molecule is COC(=O)N[C@H](C(=O)N1CCC[C@H]1c1ncc(-c2ccc(-c3sc(Br)c4c3C3CCC3C4)cc2)[nH]1)C(C)C. The number of fused-ring (bicyclic) bond motifs is 3. The molecule has 6 rings (SSSR count). The number of hydrogen-bond donors (Lipinski definition) is 2. The van der Waals surface area contributed by atoms with E-state index >= 15 is 0 Å². The lowest BCUT2D eigenvalue weighted by Gasteiger charge is -2.31. The minimum atomic E-state index is -0.640. The van der Waals surface area contributed by atoms with Crippen LogP contribution in [-0.2, 0) is 16.0 Å². The zero-order valence-corrected chi connectivity index (χ0v) is 24.3. The number of thiophene rings is 1. The zero-order valence-electron chi connectivity index (χ0n) is 21.9. The molecule has 9 heteroatoms. The Balaban J connectivity index is 1.20. The van der Waals surface area contributed by atoms with Gasteiger partial charge in [-0.25, -0.2) is 9.78 Å². The summed E-state index contributed by atoms with van der Waals surface area (Å²) in [6.45, 7) is 4.49. The summed E-state index contributed by atoms with van der Waals surface area (Å²) in [5.41, 5.74) is 6.41. The number of hydrogen-bond acceptors (Lipinski definition) is 5. The maximum absolute atomic E-state index is 13.4. The van der Waals surface area contributed by atoms with Gasteiger partial charge >= 0.3 is 6.09 Å². The smallest absolute Gasteiger partial charge is 0.407 e. The number of aromatic amines is 1. The van der Waals surface area contributed by atoms with Crippen LogP contribution in [0, 0.1) is 11.8 Å². The van der Waals surface area contributed by atoms with Crippen LogP contribution in [0.3, 0.4) is 0 Å². The van der Waals surface area contributed by atoms with Gasteiger partial charge in [-0.1, -0.05) is 38.1 Å². The molecule has 2 aromatic heterocycles. The van der Waals surface area contributed by atoms with Crippen molar-refractivity contribution in [3.8, 4) is 21.7 Å². The molecule has 0 spiro atoms. The standard InChI is InChI=1S/C29H33BrN4O3S/c1-15(2)24(33-29(36)37-3)28(35)34-12-4-5-22(34)27-31-14-21(32-27)16-6-8-17(9-7-16)25-23-19-11-10-18(19)13-20(23)26(30)38-25/h6-9,14-15,18-19,22,24H,4-5,10-13H2,1-3H3,(H,31,32)(H,33,36)/t18?,19?,22-,24-/m0/s1. The first-order valence-electron chi connectivity index (χ1n) is 13.5. The van der Waals surface area contributed by atoms with Gasteiger partial charge in [-0.15, -0.1) is 11.3 Å². The molecule has 2 fully saturated rings. The fourth-order valence-corrected chi connectivity index (χ4v) is 8.34. The van der Waals surface area contributed by atoms with Crippen LogP contribution >= 0.6 is 27.3 Å². The van der Waals surface area contributed by atoms with Gasteiger partial charge in [0.25, 0.3) is 0 Å². The molecule has 3 aromatic rings. The molecule has 3 aliphatic rings. The predicted octanol–water partition coefficient (Wildman–Crippen LogP) is 6.66. The topological polar surface area (TPSA) is 87.3 Å². The van der Waals surface area contributed by atoms with Crippen molar-refractivity contribution in [3.05, 3.63) is 51.2 Å². The first-order valence-corrected chi connectivity index (χ1v) is 15.1. The largest absolute Gasteiger partial charge is 0.453 e. The molecule has 1 saturated carbocycles. The number of nitrogens with one attached hydrogen (secondary N) is 2. The molecule has 7 nitrogen and oxygen atoms in total. The summed E-state index contributed by atoms with van der Waals surface area (Å²) in [5.74, 6) is 2.21. The maximum Gasteiger partial charge on any atom is 0.407 e. The highest BCUT2D eigenvalue weighted by Gasteiger charge is 2.43. The lowest BCUT2D eigenvalue weighted by atomic mass is 9.74. The van der Waals surface area contributed by atoms with Crippen LogP contribution in [0.5, 0.6) is 0 Å². The lowest BCUT2D eigenvalue weighted by Crippen LogP contribution is -2.51. The quantitative estimate of drug-likeness (QED) is 0.333. The number of amides is 2. The van der Waals surface area contributed by atoms with Crippen molar-refractivity contribution >= 4 is 39.3 Å². The van der Waals surface area contributed by atoms with Gasteiger partial charge < -0.3 is 19.9 Å². The number of imidazole rings is 1. The second-order valence-electron chi connectivity index (χ2n) is 11.1. The second kappa shape index (κ2) is 10.2. The van der Waals surface area contributed by atoms with E-state index in [4.69, 9.17) is 4.74 Å². The number of halogens is 1. The third kappa shape index (κ3) is 4.37. The van der Waals surface area contributed by atoms with Crippen LogP contribution in [0.15, 0.2) is 34.2 Å². The number of carbonyl (C=O) groups excluding carboxylic acids is 2. The number of rotatable bonds is 6. The van der Waals surface area contributed by atoms with E-state index in [2.05, 4.69) is 55.5 Å². The van der Waals surface area contributed by atoms with E-state index in [1.165, 1.54) is 46.2 Å². The predicted molar refractivity (Wildman–Crippen MR) is 152 cm³/mol. The molecule has 0 bridgehead atoms. The van der Waals surface area contributed by atoms with Crippen molar-refractivity contribution < 1.29 is 14.3 Å². The summed E-state index contributed by atoms with van der Waals surface area (Å²) in [4.78, 5) is 36.7. The highest BCUT2D eigenvalue weighted by atomic mass is 79.9. The van der Waals surface area contributed by atoms with Crippen molar-refractivity contribution in [2.75, 3.05) is 13.7 Å². The van der Waals surface area contributed by atoms with Crippen molar-refractivity contribution in [1.82, 2.24) is 20.2 Å². The molecular formula is C29H33BrN4O3S. The number of carbonyl (C=O) groups is 2.